The minimum absolute atomic E-state index is 0.0220. The van der Waals surface area contributed by atoms with E-state index in [1.807, 2.05) is 0 Å². The Morgan fingerprint density at radius 2 is 0.981 bits per heavy atom. The largest absolute Gasteiger partial charge is 0.472 e. The first-order valence-electron chi connectivity index (χ1n) is 21.1. The average molecular weight is 763 g/mol. The number of hydrogen-bond acceptors (Lipinski definition) is 9. The third-order valence-electron chi connectivity index (χ3n) is 9.17. The topological polar surface area (TPSA) is 149 Å². The molecule has 0 spiro atoms. The summed E-state index contributed by atoms with van der Waals surface area (Å²) in [6.45, 7) is 2.84. The van der Waals surface area contributed by atoms with Gasteiger partial charge in [-0.2, -0.15) is 0 Å². The highest BCUT2D eigenvalue weighted by molar-refractivity contribution is 7.47. The molecule has 308 valence electrons. The maximum atomic E-state index is 12.6. The maximum absolute atomic E-state index is 12.6. The maximum Gasteiger partial charge on any atom is 0.472 e. The molecule has 3 atom stereocenters. The van der Waals surface area contributed by atoms with Crippen LogP contribution in [0.2, 0.25) is 0 Å². The fourth-order valence-electron chi connectivity index (χ4n) is 5.87. The lowest BCUT2D eigenvalue weighted by molar-refractivity contribution is -0.161. The van der Waals surface area contributed by atoms with Crippen molar-refractivity contribution in [3.05, 3.63) is 12.2 Å². The zero-order valence-electron chi connectivity index (χ0n) is 33.3. The number of carbonyl (C=O) groups is 2. The Morgan fingerprint density at radius 1 is 0.577 bits per heavy atom. The van der Waals surface area contributed by atoms with Crippen molar-refractivity contribution in [1.29, 1.82) is 0 Å². The third-order valence-corrected chi connectivity index (χ3v) is 10.1. The highest BCUT2D eigenvalue weighted by Gasteiger charge is 2.27. The number of allylic oxidation sites excluding steroid dienone is 2. The standard InChI is InChI=1S/C41H79O10P/c1-3-5-7-9-11-13-15-17-18-20-22-24-26-28-30-32-41(45)51-39(37-50-52(46,47)49-35-38(43)33-34-42)36-48-40(44)31-29-27-25-23-21-19-16-14-12-10-8-6-4-2/h17-18,38-39,42-43H,3-16,19-37H2,1-2H3,(H,46,47)/b18-17+. The van der Waals surface area contributed by atoms with Crippen molar-refractivity contribution in [2.75, 3.05) is 26.4 Å². The third kappa shape index (κ3) is 37.0. The SMILES string of the molecule is CCCCCCCC/C=C/CCCCCCCC(=O)OC(COC(=O)CCCCCCCCCCCCCCC)COP(=O)(O)OCC(O)CCO. The van der Waals surface area contributed by atoms with E-state index in [-0.39, 0.29) is 32.5 Å². The predicted molar refractivity (Wildman–Crippen MR) is 210 cm³/mol. The second-order valence-electron chi connectivity index (χ2n) is 14.3. The number of ether oxygens (including phenoxy) is 2. The molecule has 52 heavy (non-hydrogen) atoms. The molecule has 10 nitrogen and oxygen atoms in total. The van der Waals surface area contributed by atoms with Crippen LogP contribution >= 0.6 is 7.82 Å². The molecule has 0 saturated heterocycles. The van der Waals surface area contributed by atoms with Gasteiger partial charge in [0.05, 0.1) is 19.3 Å². The summed E-state index contributed by atoms with van der Waals surface area (Å²) in [6.07, 6.45) is 33.4. The molecular weight excluding hydrogens is 683 g/mol. The van der Waals surface area contributed by atoms with Crippen molar-refractivity contribution in [3.63, 3.8) is 0 Å². The molecule has 0 saturated carbocycles. The second-order valence-corrected chi connectivity index (χ2v) is 15.8. The van der Waals surface area contributed by atoms with Gasteiger partial charge in [-0.05, 0) is 44.9 Å². The van der Waals surface area contributed by atoms with Gasteiger partial charge in [0, 0.05) is 19.4 Å². The van der Waals surface area contributed by atoms with Crippen molar-refractivity contribution < 1.29 is 47.8 Å². The Kier molecular flexibility index (Phi) is 37.1. The molecule has 0 heterocycles. The number of unbranched alkanes of at least 4 members (excludes halogenated alkanes) is 23. The molecule has 0 radical (unpaired) electrons. The van der Waals surface area contributed by atoms with Gasteiger partial charge in [0.15, 0.2) is 6.10 Å². The highest BCUT2D eigenvalue weighted by Crippen LogP contribution is 2.43. The number of hydrogen-bond donors (Lipinski definition) is 3. The molecule has 0 amide bonds. The van der Waals surface area contributed by atoms with Gasteiger partial charge in [-0.25, -0.2) is 4.57 Å². The minimum atomic E-state index is -4.59. The summed E-state index contributed by atoms with van der Waals surface area (Å²) in [5.74, 6) is -0.914. The number of phosphoric acid groups is 1. The first kappa shape index (κ1) is 50.7. The molecule has 3 N–H and O–H groups in total. The van der Waals surface area contributed by atoms with E-state index < -0.39 is 45.2 Å². The number of aliphatic hydroxyl groups excluding tert-OH is 2. The highest BCUT2D eigenvalue weighted by atomic mass is 31.2. The van der Waals surface area contributed by atoms with E-state index >= 15 is 0 Å². The fourth-order valence-corrected chi connectivity index (χ4v) is 6.66. The normalized spacial score (nSPS) is 14.0. The molecule has 3 unspecified atom stereocenters. The molecule has 0 rings (SSSR count). The monoisotopic (exact) mass is 763 g/mol. The van der Waals surface area contributed by atoms with E-state index in [1.54, 1.807) is 0 Å². The number of aliphatic hydroxyl groups is 2. The summed E-state index contributed by atoms with van der Waals surface area (Å²) < 4.78 is 33.0. The van der Waals surface area contributed by atoms with Crippen LogP contribution in [0.15, 0.2) is 12.2 Å². The molecule has 0 aromatic carbocycles. The summed E-state index contributed by atoms with van der Waals surface area (Å²) in [5.41, 5.74) is 0. The number of phosphoric ester groups is 1. The van der Waals surface area contributed by atoms with E-state index in [2.05, 4.69) is 26.0 Å². The van der Waals surface area contributed by atoms with Crippen LogP contribution in [0.5, 0.6) is 0 Å². The lowest BCUT2D eigenvalue weighted by atomic mass is 10.0. The summed E-state index contributed by atoms with van der Waals surface area (Å²) >= 11 is 0. The quantitative estimate of drug-likeness (QED) is 0.0238. The van der Waals surface area contributed by atoms with Crippen molar-refractivity contribution in [3.8, 4) is 0 Å². The van der Waals surface area contributed by atoms with E-state index in [4.69, 9.17) is 23.6 Å². The van der Waals surface area contributed by atoms with E-state index in [0.717, 1.165) is 57.8 Å². The van der Waals surface area contributed by atoms with Crippen LogP contribution in [0.4, 0.5) is 0 Å². The second kappa shape index (κ2) is 38.0. The lowest BCUT2D eigenvalue weighted by Gasteiger charge is -2.20. The lowest BCUT2D eigenvalue weighted by Crippen LogP contribution is -2.29. The summed E-state index contributed by atoms with van der Waals surface area (Å²) in [6, 6.07) is 0. The summed E-state index contributed by atoms with van der Waals surface area (Å²) in [7, 11) is -4.59. The Labute approximate surface area is 317 Å². The van der Waals surface area contributed by atoms with Crippen molar-refractivity contribution in [2.24, 2.45) is 0 Å². The van der Waals surface area contributed by atoms with Gasteiger partial charge in [0.25, 0.3) is 0 Å². The molecule has 0 aromatic rings. The number of rotatable bonds is 40. The molecule has 0 aliphatic rings. The van der Waals surface area contributed by atoms with Crippen LogP contribution in [0, 0.1) is 0 Å². The van der Waals surface area contributed by atoms with Crippen LogP contribution in [-0.4, -0.2) is 65.7 Å². The summed E-state index contributed by atoms with van der Waals surface area (Å²) in [4.78, 5) is 35.0. The van der Waals surface area contributed by atoms with Gasteiger partial charge in [0.2, 0.25) is 0 Å². The van der Waals surface area contributed by atoms with Gasteiger partial charge in [0.1, 0.15) is 6.61 Å². The average Bonchev–Trinajstić information content (AvgIpc) is 3.12. The van der Waals surface area contributed by atoms with Gasteiger partial charge in [-0.3, -0.25) is 18.6 Å². The molecule has 0 bridgehead atoms. The van der Waals surface area contributed by atoms with E-state index in [9.17, 15) is 24.2 Å². The van der Waals surface area contributed by atoms with Crippen LogP contribution < -0.4 is 0 Å². The molecule has 0 fully saturated rings. The predicted octanol–water partition coefficient (Wildman–Crippen LogP) is 10.8. The van der Waals surface area contributed by atoms with Crippen LogP contribution in [-0.2, 0) is 32.7 Å². The first-order chi connectivity index (χ1) is 25.2. The van der Waals surface area contributed by atoms with Crippen molar-refractivity contribution in [2.45, 2.75) is 212 Å². The molecule has 0 aliphatic heterocycles. The van der Waals surface area contributed by atoms with E-state index in [0.29, 0.717) is 12.8 Å². The Bertz CT molecular complexity index is 884. The van der Waals surface area contributed by atoms with Gasteiger partial charge in [-0.1, -0.05) is 154 Å². The van der Waals surface area contributed by atoms with Gasteiger partial charge < -0.3 is 24.6 Å². The van der Waals surface area contributed by atoms with Crippen LogP contribution in [0.1, 0.15) is 200 Å². The Balaban J connectivity index is 4.37. The smallest absolute Gasteiger partial charge is 0.462 e. The van der Waals surface area contributed by atoms with Gasteiger partial charge in [-0.15, -0.1) is 0 Å². The summed E-state index contributed by atoms with van der Waals surface area (Å²) in [5, 5.41) is 18.6. The van der Waals surface area contributed by atoms with Crippen molar-refractivity contribution >= 4 is 19.8 Å². The zero-order valence-corrected chi connectivity index (χ0v) is 34.2. The van der Waals surface area contributed by atoms with Crippen molar-refractivity contribution in [1.82, 2.24) is 0 Å². The van der Waals surface area contributed by atoms with Crippen LogP contribution in [0.25, 0.3) is 0 Å². The number of esters is 2. The Hall–Kier alpha value is -1.29. The fraction of sp³-hybridized carbons (Fsp3) is 0.902. The number of carbonyl (C=O) groups excluding carboxylic acids is 2. The van der Waals surface area contributed by atoms with Crippen LogP contribution in [0.3, 0.4) is 0 Å². The Morgan fingerprint density at radius 3 is 1.44 bits per heavy atom. The molecule has 0 aliphatic carbocycles. The molecule has 11 heteroatoms. The van der Waals surface area contributed by atoms with Gasteiger partial charge >= 0.3 is 19.8 Å². The molecular formula is C41H79O10P. The zero-order chi connectivity index (χ0) is 38.4. The van der Waals surface area contributed by atoms with E-state index in [1.165, 1.54) is 96.3 Å². The first-order valence-corrected chi connectivity index (χ1v) is 22.6. The molecule has 0 aromatic heterocycles. The minimum Gasteiger partial charge on any atom is -0.462 e.